The summed E-state index contributed by atoms with van der Waals surface area (Å²) >= 11 is 6.11. The molecular weight excluding hydrogens is 254 g/mol. The minimum atomic E-state index is -0.953. The average Bonchev–Trinajstić information content (AvgIpc) is 2.95. The summed E-state index contributed by atoms with van der Waals surface area (Å²) in [6, 6.07) is 5.24. The van der Waals surface area contributed by atoms with Crippen LogP contribution in [0.5, 0.6) is 0 Å². The Morgan fingerprint density at radius 1 is 1.56 bits per heavy atom. The van der Waals surface area contributed by atoms with Gasteiger partial charge in [-0.15, -0.1) is 0 Å². The first-order valence-corrected chi connectivity index (χ1v) is 6.17. The van der Waals surface area contributed by atoms with Crippen LogP contribution in [-0.2, 0) is 4.74 Å². The highest BCUT2D eigenvalue weighted by Gasteiger charge is 2.25. The highest BCUT2D eigenvalue weighted by Crippen LogP contribution is 2.32. The van der Waals surface area contributed by atoms with E-state index in [0.29, 0.717) is 17.1 Å². The number of pyridine rings is 1. The van der Waals surface area contributed by atoms with Gasteiger partial charge in [-0.1, -0.05) is 11.6 Å². The fourth-order valence-corrected chi connectivity index (χ4v) is 2.75. The van der Waals surface area contributed by atoms with Crippen molar-refractivity contribution >= 4 is 23.1 Å². The van der Waals surface area contributed by atoms with E-state index in [1.165, 1.54) is 0 Å². The lowest BCUT2D eigenvalue weighted by Crippen LogP contribution is -2.01. The summed E-state index contributed by atoms with van der Waals surface area (Å²) in [5.41, 5.74) is 1.78. The number of rotatable bonds is 2. The van der Waals surface area contributed by atoms with E-state index in [4.69, 9.17) is 16.3 Å². The standard InChI is InChI=1S/C13H12ClNO3/c14-10-2-1-4-15-11(8-3-5-18-7-8)6-9(12(10)15)13(16)17/h1-2,4,6,8H,3,5,7H2,(H,16,17). The molecule has 1 fully saturated rings. The monoisotopic (exact) mass is 265 g/mol. The molecule has 5 heteroatoms. The Kier molecular flexibility index (Phi) is 2.76. The second kappa shape index (κ2) is 4.30. The zero-order chi connectivity index (χ0) is 12.7. The molecule has 1 saturated heterocycles. The van der Waals surface area contributed by atoms with Crippen molar-refractivity contribution in [2.24, 2.45) is 0 Å². The van der Waals surface area contributed by atoms with Crippen molar-refractivity contribution in [2.75, 3.05) is 13.2 Å². The number of carboxylic acid groups (broad SMARTS) is 1. The van der Waals surface area contributed by atoms with Gasteiger partial charge in [-0.05, 0) is 24.6 Å². The van der Waals surface area contributed by atoms with E-state index in [9.17, 15) is 9.90 Å². The van der Waals surface area contributed by atoms with Crippen LogP contribution in [0.4, 0.5) is 0 Å². The van der Waals surface area contributed by atoms with E-state index >= 15 is 0 Å². The van der Waals surface area contributed by atoms with Crippen molar-refractivity contribution in [3.63, 3.8) is 0 Å². The van der Waals surface area contributed by atoms with Crippen molar-refractivity contribution in [3.05, 3.63) is 40.7 Å². The number of carbonyl (C=O) groups is 1. The molecule has 1 aliphatic rings. The van der Waals surface area contributed by atoms with E-state index in [1.54, 1.807) is 12.1 Å². The van der Waals surface area contributed by atoms with Crippen molar-refractivity contribution < 1.29 is 14.6 Å². The normalized spacial score (nSPS) is 19.5. The number of aromatic nitrogens is 1. The highest BCUT2D eigenvalue weighted by atomic mass is 35.5. The summed E-state index contributed by atoms with van der Waals surface area (Å²) in [6.07, 6.45) is 2.76. The largest absolute Gasteiger partial charge is 0.478 e. The van der Waals surface area contributed by atoms with E-state index < -0.39 is 5.97 Å². The van der Waals surface area contributed by atoms with E-state index in [0.717, 1.165) is 18.7 Å². The molecule has 0 aromatic carbocycles. The summed E-state index contributed by atoms with van der Waals surface area (Å²) in [5, 5.41) is 9.72. The fourth-order valence-electron chi connectivity index (χ4n) is 2.49. The van der Waals surface area contributed by atoms with Crippen molar-refractivity contribution in [1.82, 2.24) is 4.40 Å². The molecular formula is C13H12ClNO3. The predicted molar refractivity (Wildman–Crippen MR) is 67.5 cm³/mol. The van der Waals surface area contributed by atoms with E-state index in [-0.39, 0.29) is 11.5 Å². The maximum absolute atomic E-state index is 11.3. The van der Waals surface area contributed by atoms with Gasteiger partial charge in [0.2, 0.25) is 0 Å². The van der Waals surface area contributed by atoms with Crippen LogP contribution >= 0.6 is 11.6 Å². The third-order valence-corrected chi connectivity index (χ3v) is 3.65. The average molecular weight is 266 g/mol. The van der Waals surface area contributed by atoms with Gasteiger partial charge in [-0.2, -0.15) is 0 Å². The van der Waals surface area contributed by atoms with Crippen molar-refractivity contribution in [1.29, 1.82) is 0 Å². The van der Waals surface area contributed by atoms with Crippen LogP contribution in [0.15, 0.2) is 24.4 Å². The molecule has 0 aliphatic carbocycles. The first-order chi connectivity index (χ1) is 8.68. The molecule has 0 spiro atoms. The van der Waals surface area contributed by atoms with Crippen LogP contribution in [0, 0.1) is 0 Å². The van der Waals surface area contributed by atoms with E-state index in [1.807, 2.05) is 16.7 Å². The summed E-state index contributed by atoms with van der Waals surface area (Å²) < 4.78 is 7.23. The number of hydrogen-bond acceptors (Lipinski definition) is 2. The lowest BCUT2D eigenvalue weighted by atomic mass is 10.0. The first-order valence-electron chi connectivity index (χ1n) is 5.79. The molecule has 1 unspecified atom stereocenters. The van der Waals surface area contributed by atoms with Gasteiger partial charge in [0.15, 0.2) is 0 Å². The number of nitrogens with zero attached hydrogens (tertiary/aromatic N) is 1. The van der Waals surface area contributed by atoms with E-state index in [2.05, 4.69) is 0 Å². The molecule has 94 valence electrons. The van der Waals surface area contributed by atoms with Crippen LogP contribution in [0.25, 0.3) is 5.52 Å². The molecule has 2 aromatic rings. The van der Waals surface area contributed by atoms with Crippen LogP contribution in [0.2, 0.25) is 5.02 Å². The van der Waals surface area contributed by atoms with Crippen LogP contribution in [0.3, 0.4) is 0 Å². The Morgan fingerprint density at radius 2 is 2.39 bits per heavy atom. The van der Waals surface area contributed by atoms with Gasteiger partial charge < -0.3 is 14.2 Å². The minimum absolute atomic E-state index is 0.240. The van der Waals surface area contributed by atoms with Gasteiger partial charge in [0, 0.05) is 24.4 Å². The summed E-state index contributed by atoms with van der Waals surface area (Å²) in [5.74, 6) is -0.713. The second-order valence-electron chi connectivity index (χ2n) is 4.42. The van der Waals surface area contributed by atoms with Gasteiger partial charge in [0.05, 0.1) is 22.7 Å². The lowest BCUT2D eigenvalue weighted by Gasteiger charge is -2.08. The number of carboxylic acids is 1. The molecule has 0 bridgehead atoms. The smallest absolute Gasteiger partial charge is 0.337 e. The number of halogens is 1. The molecule has 0 saturated carbocycles. The maximum Gasteiger partial charge on any atom is 0.337 e. The molecule has 1 atom stereocenters. The Hall–Kier alpha value is -1.52. The van der Waals surface area contributed by atoms with Gasteiger partial charge in [-0.3, -0.25) is 0 Å². The number of fused-ring (bicyclic) bond motifs is 1. The minimum Gasteiger partial charge on any atom is -0.478 e. The molecule has 18 heavy (non-hydrogen) atoms. The molecule has 2 aromatic heterocycles. The van der Waals surface area contributed by atoms with Gasteiger partial charge in [-0.25, -0.2) is 4.79 Å². The topological polar surface area (TPSA) is 50.9 Å². The summed E-state index contributed by atoms with van der Waals surface area (Å²) in [4.78, 5) is 11.3. The molecule has 0 radical (unpaired) electrons. The number of aromatic carboxylic acids is 1. The SMILES string of the molecule is O=C(O)c1cc(C2CCOC2)n2cccc(Cl)c12. The maximum atomic E-state index is 11.3. The third-order valence-electron chi connectivity index (χ3n) is 3.35. The molecule has 1 aliphatic heterocycles. The first kappa shape index (κ1) is 11.6. The Morgan fingerprint density at radius 3 is 3.06 bits per heavy atom. The molecule has 3 rings (SSSR count). The summed E-state index contributed by atoms with van der Waals surface area (Å²) in [7, 11) is 0. The Bertz CT molecular complexity index is 614. The zero-order valence-electron chi connectivity index (χ0n) is 9.60. The Balaban J connectivity index is 2.26. The van der Waals surface area contributed by atoms with Crippen LogP contribution < -0.4 is 0 Å². The lowest BCUT2D eigenvalue weighted by molar-refractivity contribution is 0.0699. The van der Waals surface area contributed by atoms with Crippen molar-refractivity contribution in [3.8, 4) is 0 Å². The number of hydrogen-bond donors (Lipinski definition) is 1. The van der Waals surface area contributed by atoms with Crippen LogP contribution in [0.1, 0.15) is 28.4 Å². The molecule has 1 N–H and O–H groups in total. The van der Waals surface area contributed by atoms with Crippen molar-refractivity contribution in [2.45, 2.75) is 12.3 Å². The molecule has 3 heterocycles. The number of ether oxygens (including phenoxy) is 1. The Labute approximate surface area is 109 Å². The zero-order valence-corrected chi connectivity index (χ0v) is 10.4. The van der Waals surface area contributed by atoms with Gasteiger partial charge in [0.1, 0.15) is 0 Å². The van der Waals surface area contributed by atoms with Crippen LogP contribution in [-0.4, -0.2) is 28.7 Å². The fraction of sp³-hybridized carbons (Fsp3) is 0.308. The third kappa shape index (κ3) is 1.69. The summed E-state index contributed by atoms with van der Waals surface area (Å²) in [6.45, 7) is 1.36. The van der Waals surface area contributed by atoms with Gasteiger partial charge >= 0.3 is 5.97 Å². The predicted octanol–water partition coefficient (Wildman–Crippen LogP) is 2.79. The van der Waals surface area contributed by atoms with Gasteiger partial charge in [0.25, 0.3) is 0 Å². The molecule has 0 amide bonds. The quantitative estimate of drug-likeness (QED) is 0.908. The highest BCUT2D eigenvalue weighted by molar-refractivity contribution is 6.34. The molecule has 4 nitrogen and oxygen atoms in total. The second-order valence-corrected chi connectivity index (χ2v) is 4.83.